The number of nitrogens with one attached hydrogen (secondary N) is 1. The lowest BCUT2D eigenvalue weighted by molar-refractivity contribution is -0.131. The number of methoxy groups -OCH3 is 1. The van der Waals surface area contributed by atoms with Crippen molar-refractivity contribution in [1.82, 2.24) is 20.0 Å². The van der Waals surface area contributed by atoms with E-state index < -0.39 is 0 Å². The smallest absolute Gasteiger partial charge is 0.257 e. The maximum atomic E-state index is 13.2. The molecule has 1 aliphatic rings. The van der Waals surface area contributed by atoms with E-state index in [1.807, 2.05) is 64.4 Å². The highest BCUT2D eigenvalue weighted by atomic mass is 16.5. The lowest BCUT2D eigenvalue weighted by Crippen LogP contribution is -2.37. The number of hydrogen-bond acceptors (Lipinski definition) is 4. The van der Waals surface area contributed by atoms with Crippen LogP contribution in [0.1, 0.15) is 28.8 Å². The van der Waals surface area contributed by atoms with E-state index in [0.29, 0.717) is 44.6 Å². The number of aromatic nitrogens is 2. The van der Waals surface area contributed by atoms with Crippen molar-refractivity contribution in [3.63, 3.8) is 0 Å². The minimum Gasteiger partial charge on any atom is -0.497 e. The molecule has 0 radical (unpaired) electrons. The quantitative estimate of drug-likeness (QED) is 0.648. The number of carbonyl (C=O) groups is 2. The van der Waals surface area contributed by atoms with Gasteiger partial charge in [-0.15, -0.1) is 0 Å². The number of H-pyrrole nitrogens is 1. The van der Waals surface area contributed by atoms with E-state index in [-0.39, 0.29) is 11.8 Å². The minimum atomic E-state index is -0.0508. The molecule has 2 aromatic carbocycles. The van der Waals surface area contributed by atoms with Crippen LogP contribution in [0.15, 0.2) is 60.8 Å². The molecule has 1 aromatic heterocycles. The standard InChI is InChI=1S/C25H28N4O3/c1-32-21-11-8-19(9-12-21)10-13-23(30)28-14-5-15-29(17-16-28)25(31)22-18-26-27-24(22)20-6-3-2-4-7-20/h2-4,6-9,11-12,18H,5,10,13-17H2,1H3,(H,26,27). The third-order valence-electron chi connectivity index (χ3n) is 5.85. The van der Waals surface area contributed by atoms with Gasteiger partial charge in [-0.3, -0.25) is 14.7 Å². The fourth-order valence-electron chi connectivity index (χ4n) is 4.02. The third-order valence-corrected chi connectivity index (χ3v) is 5.85. The summed E-state index contributed by atoms with van der Waals surface area (Å²) in [5.41, 5.74) is 3.33. The van der Waals surface area contributed by atoms with Gasteiger partial charge < -0.3 is 14.5 Å². The number of carbonyl (C=O) groups excluding carboxylic acids is 2. The second kappa shape index (κ2) is 10.1. The Hall–Kier alpha value is -3.61. The maximum absolute atomic E-state index is 13.2. The van der Waals surface area contributed by atoms with Crippen LogP contribution in [-0.4, -0.2) is 65.1 Å². The molecule has 1 fully saturated rings. The molecule has 2 heterocycles. The number of hydrogen-bond donors (Lipinski definition) is 1. The lowest BCUT2D eigenvalue weighted by atomic mass is 10.1. The summed E-state index contributed by atoms with van der Waals surface area (Å²) >= 11 is 0. The Bertz CT molecular complexity index is 1050. The first kappa shape index (κ1) is 21.6. The molecule has 1 aliphatic heterocycles. The molecule has 0 saturated carbocycles. The van der Waals surface area contributed by atoms with Crippen molar-refractivity contribution in [2.75, 3.05) is 33.3 Å². The Kier molecular flexibility index (Phi) is 6.84. The molecule has 4 rings (SSSR count). The number of rotatable bonds is 6. The van der Waals surface area contributed by atoms with Gasteiger partial charge in [0.2, 0.25) is 5.91 Å². The van der Waals surface area contributed by atoms with Gasteiger partial charge in [0.25, 0.3) is 5.91 Å². The van der Waals surface area contributed by atoms with Crippen molar-refractivity contribution < 1.29 is 14.3 Å². The first-order chi connectivity index (χ1) is 15.7. The van der Waals surface area contributed by atoms with Gasteiger partial charge in [-0.25, -0.2) is 0 Å². The summed E-state index contributed by atoms with van der Waals surface area (Å²) in [6.45, 7) is 2.36. The monoisotopic (exact) mass is 432 g/mol. The fourth-order valence-corrected chi connectivity index (χ4v) is 4.02. The molecule has 32 heavy (non-hydrogen) atoms. The Labute approximate surface area is 188 Å². The van der Waals surface area contributed by atoms with Crippen LogP contribution >= 0.6 is 0 Å². The van der Waals surface area contributed by atoms with E-state index in [1.165, 1.54) is 0 Å². The van der Waals surface area contributed by atoms with Crippen LogP contribution in [0.3, 0.4) is 0 Å². The van der Waals surface area contributed by atoms with Gasteiger partial charge in [0.05, 0.1) is 24.6 Å². The van der Waals surface area contributed by atoms with Crippen LogP contribution in [0.2, 0.25) is 0 Å². The summed E-state index contributed by atoms with van der Waals surface area (Å²) in [6, 6.07) is 17.5. The third kappa shape index (κ3) is 4.99. The van der Waals surface area contributed by atoms with E-state index in [0.717, 1.165) is 29.0 Å². The number of aryl methyl sites for hydroxylation is 1. The van der Waals surface area contributed by atoms with Crippen molar-refractivity contribution in [1.29, 1.82) is 0 Å². The Balaban J connectivity index is 1.34. The molecular formula is C25H28N4O3. The number of aromatic amines is 1. The van der Waals surface area contributed by atoms with E-state index in [9.17, 15) is 9.59 Å². The summed E-state index contributed by atoms with van der Waals surface area (Å²) in [6.07, 6.45) is 3.50. The molecule has 7 nitrogen and oxygen atoms in total. The first-order valence-electron chi connectivity index (χ1n) is 10.9. The zero-order chi connectivity index (χ0) is 22.3. The van der Waals surface area contributed by atoms with Gasteiger partial charge in [-0.1, -0.05) is 42.5 Å². The molecule has 1 N–H and O–H groups in total. The molecule has 0 spiro atoms. The second-order valence-corrected chi connectivity index (χ2v) is 7.90. The lowest BCUT2D eigenvalue weighted by Gasteiger charge is -2.22. The van der Waals surface area contributed by atoms with E-state index in [4.69, 9.17) is 4.74 Å². The minimum absolute atomic E-state index is 0.0508. The second-order valence-electron chi connectivity index (χ2n) is 7.90. The summed E-state index contributed by atoms with van der Waals surface area (Å²) in [4.78, 5) is 29.7. The van der Waals surface area contributed by atoms with Crippen LogP contribution in [0.25, 0.3) is 11.3 Å². The Morgan fingerprint density at radius 2 is 1.69 bits per heavy atom. The zero-order valence-corrected chi connectivity index (χ0v) is 18.3. The SMILES string of the molecule is COc1ccc(CCC(=O)N2CCCN(C(=O)c3cn[nH]c3-c3ccccc3)CC2)cc1. The molecule has 0 unspecified atom stereocenters. The van der Waals surface area contributed by atoms with Crippen molar-refractivity contribution in [3.8, 4) is 17.0 Å². The molecule has 0 atom stereocenters. The molecular weight excluding hydrogens is 404 g/mol. The Morgan fingerprint density at radius 3 is 2.44 bits per heavy atom. The van der Waals surface area contributed by atoms with Gasteiger partial charge in [-0.2, -0.15) is 5.10 Å². The number of ether oxygens (including phenoxy) is 1. The normalized spacial score (nSPS) is 14.2. The van der Waals surface area contributed by atoms with Crippen molar-refractivity contribution >= 4 is 11.8 Å². The highest BCUT2D eigenvalue weighted by Crippen LogP contribution is 2.22. The zero-order valence-electron chi connectivity index (χ0n) is 18.3. The number of amides is 2. The maximum Gasteiger partial charge on any atom is 0.257 e. The number of nitrogens with zero attached hydrogens (tertiary/aromatic N) is 3. The van der Waals surface area contributed by atoms with Gasteiger partial charge in [0, 0.05) is 38.2 Å². The average molecular weight is 433 g/mol. The van der Waals surface area contributed by atoms with Crippen LogP contribution in [-0.2, 0) is 11.2 Å². The van der Waals surface area contributed by atoms with Crippen molar-refractivity contribution in [2.45, 2.75) is 19.3 Å². The molecule has 2 amide bonds. The summed E-state index contributed by atoms with van der Waals surface area (Å²) in [5.74, 6) is 0.888. The van der Waals surface area contributed by atoms with Crippen LogP contribution < -0.4 is 4.74 Å². The topological polar surface area (TPSA) is 78.5 Å². The van der Waals surface area contributed by atoms with E-state index in [2.05, 4.69) is 10.2 Å². The fraction of sp³-hybridized carbons (Fsp3) is 0.320. The largest absolute Gasteiger partial charge is 0.497 e. The van der Waals surface area contributed by atoms with Crippen LogP contribution in [0.4, 0.5) is 0 Å². The molecule has 166 valence electrons. The predicted octanol–water partition coefficient (Wildman–Crippen LogP) is 3.39. The van der Waals surface area contributed by atoms with Crippen LogP contribution in [0, 0.1) is 0 Å². The van der Waals surface area contributed by atoms with E-state index in [1.54, 1.807) is 13.3 Å². The first-order valence-corrected chi connectivity index (χ1v) is 10.9. The van der Waals surface area contributed by atoms with Gasteiger partial charge in [0.15, 0.2) is 0 Å². The molecule has 0 aliphatic carbocycles. The average Bonchev–Trinajstić information content (AvgIpc) is 3.20. The molecule has 3 aromatic rings. The van der Waals surface area contributed by atoms with Gasteiger partial charge in [-0.05, 0) is 30.5 Å². The summed E-state index contributed by atoms with van der Waals surface area (Å²) in [5, 5.41) is 7.05. The summed E-state index contributed by atoms with van der Waals surface area (Å²) < 4.78 is 5.18. The van der Waals surface area contributed by atoms with Crippen LogP contribution in [0.5, 0.6) is 5.75 Å². The molecule has 0 bridgehead atoms. The Morgan fingerprint density at radius 1 is 0.969 bits per heavy atom. The highest BCUT2D eigenvalue weighted by Gasteiger charge is 2.25. The molecule has 7 heteroatoms. The molecule has 1 saturated heterocycles. The van der Waals surface area contributed by atoms with E-state index >= 15 is 0 Å². The van der Waals surface area contributed by atoms with Gasteiger partial charge in [0.1, 0.15) is 5.75 Å². The van der Waals surface area contributed by atoms with Gasteiger partial charge >= 0.3 is 0 Å². The summed E-state index contributed by atoms with van der Waals surface area (Å²) in [7, 11) is 1.64. The van der Waals surface area contributed by atoms with Crippen molar-refractivity contribution in [2.24, 2.45) is 0 Å². The highest BCUT2D eigenvalue weighted by molar-refractivity contribution is 5.99. The predicted molar refractivity (Wildman–Crippen MR) is 122 cm³/mol. The van der Waals surface area contributed by atoms with Crippen molar-refractivity contribution in [3.05, 3.63) is 71.9 Å². The number of benzene rings is 2.